The van der Waals surface area contributed by atoms with E-state index in [2.05, 4.69) is 0 Å². The molecule has 1 N–H and O–H groups in total. The van der Waals surface area contributed by atoms with E-state index in [1.165, 1.54) is 26.4 Å². The van der Waals surface area contributed by atoms with Crippen LogP contribution in [0.25, 0.3) is 11.1 Å². The second-order valence-electron chi connectivity index (χ2n) is 4.07. The molecule has 0 aromatic heterocycles. The Morgan fingerprint density at radius 3 is 2.20 bits per heavy atom. The average molecular weight is 276 g/mol. The van der Waals surface area contributed by atoms with Crippen LogP contribution in [0, 0.1) is 5.82 Å². The lowest BCUT2D eigenvalue weighted by atomic mass is 10.0. The molecule has 0 aliphatic rings. The number of carbonyl (C=O) groups is 1. The third-order valence-corrected chi connectivity index (χ3v) is 2.91. The first-order valence-electron chi connectivity index (χ1n) is 5.82. The molecule has 0 fully saturated rings. The molecule has 0 atom stereocenters. The van der Waals surface area contributed by atoms with Gasteiger partial charge in [-0.05, 0) is 35.4 Å². The second kappa shape index (κ2) is 5.61. The van der Waals surface area contributed by atoms with Gasteiger partial charge >= 0.3 is 5.97 Å². The summed E-state index contributed by atoms with van der Waals surface area (Å²) in [6.07, 6.45) is 0. The molecule has 20 heavy (non-hydrogen) atoms. The van der Waals surface area contributed by atoms with Crippen LogP contribution in [0.3, 0.4) is 0 Å². The number of rotatable bonds is 4. The van der Waals surface area contributed by atoms with Crippen LogP contribution in [-0.4, -0.2) is 25.3 Å². The number of ether oxygens (including phenoxy) is 2. The van der Waals surface area contributed by atoms with Crippen molar-refractivity contribution in [3.63, 3.8) is 0 Å². The van der Waals surface area contributed by atoms with Gasteiger partial charge in [-0.2, -0.15) is 0 Å². The first-order chi connectivity index (χ1) is 9.56. The summed E-state index contributed by atoms with van der Waals surface area (Å²) in [7, 11) is 3.03. The molecule has 4 nitrogen and oxygen atoms in total. The van der Waals surface area contributed by atoms with Crippen molar-refractivity contribution in [2.75, 3.05) is 14.2 Å². The van der Waals surface area contributed by atoms with Crippen molar-refractivity contribution in [1.29, 1.82) is 0 Å². The van der Waals surface area contributed by atoms with E-state index in [9.17, 15) is 9.18 Å². The number of carboxylic acids is 1. The van der Waals surface area contributed by atoms with E-state index < -0.39 is 11.8 Å². The van der Waals surface area contributed by atoms with Gasteiger partial charge < -0.3 is 14.6 Å². The molecule has 0 saturated heterocycles. The lowest BCUT2D eigenvalue weighted by molar-refractivity contribution is 0.0692. The van der Waals surface area contributed by atoms with E-state index in [-0.39, 0.29) is 5.56 Å². The molecule has 0 radical (unpaired) electrons. The SMILES string of the molecule is COc1ccc(-c2ccc(F)c(C(=O)O)c2)cc1OC. The van der Waals surface area contributed by atoms with Crippen LogP contribution in [-0.2, 0) is 0 Å². The molecule has 0 heterocycles. The van der Waals surface area contributed by atoms with Crippen molar-refractivity contribution in [2.45, 2.75) is 0 Å². The number of benzene rings is 2. The Morgan fingerprint density at radius 2 is 1.60 bits per heavy atom. The molecule has 0 bridgehead atoms. The Bertz CT molecular complexity index is 652. The lowest BCUT2D eigenvalue weighted by Crippen LogP contribution is -2.00. The Morgan fingerprint density at radius 1 is 1.00 bits per heavy atom. The Labute approximate surface area is 115 Å². The first-order valence-corrected chi connectivity index (χ1v) is 5.82. The standard InChI is InChI=1S/C15H13FO4/c1-19-13-6-4-10(8-14(13)20-2)9-3-5-12(16)11(7-9)15(17)18/h3-8H,1-2H3,(H,17,18). The summed E-state index contributed by atoms with van der Waals surface area (Å²) in [6, 6.07) is 9.10. The van der Waals surface area contributed by atoms with Crippen LogP contribution in [0.15, 0.2) is 36.4 Å². The fraction of sp³-hybridized carbons (Fsp3) is 0.133. The minimum atomic E-state index is -1.30. The quantitative estimate of drug-likeness (QED) is 0.931. The molecule has 0 aliphatic heterocycles. The summed E-state index contributed by atoms with van der Waals surface area (Å²) in [5, 5.41) is 8.94. The third kappa shape index (κ3) is 2.56. The van der Waals surface area contributed by atoms with Gasteiger partial charge in [-0.15, -0.1) is 0 Å². The lowest BCUT2D eigenvalue weighted by Gasteiger charge is -2.10. The summed E-state index contributed by atoms with van der Waals surface area (Å²) in [5.74, 6) is -0.977. The fourth-order valence-electron chi connectivity index (χ4n) is 1.88. The number of carboxylic acid groups (broad SMARTS) is 1. The number of hydrogen-bond donors (Lipinski definition) is 1. The zero-order chi connectivity index (χ0) is 14.7. The molecule has 2 rings (SSSR count). The van der Waals surface area contributed by atoms with Gasteiger partial charge in [-0.3, -0.25) is 0 Å². The maximum atomic E-state index is 13.4. The van der Waals surface area contributed by atoms with Crippen molar-refractivity contribution in [1.82, 2.24) is 0 Å². The van der Waals surface area contributed by atoms with Gasteiger partial charge in [0.1, 0.15) is 5.82 Å². The van der Waals surface area contributed by atoms with E-state index in [1.54, 1.807) is 18.2 Å². The van der Waals surface area contributed by atoms with Crippen LogP contribution < -0.4 is 9.47 Å². The predicted octanol–water partition coefficient (Wildman–Crippen LogP) is 3.21. The van der Waals surface area contributed by atoms with E-state index in [1.807, 2.05) is 0 Å². The highest BCUT2D eigenvalue weighted by atomic mass is 19.1. The van der Waals surface area contributed by atoms with E-state index in [4.69, 9.17) is 14.6 Å². The van der Waals surface area contributed by atoms with E-state index >= 15 is 0 Å². The molecule has 5 heteroatoms. The largest absolute Gasteiger partial charge is 0.493 e. The normalized spacial score (nSPS) is 10.2. The zero-order valence-electron chi connectivity index (χ0n) is 11.0. The van der Waals surface area contributed by atoms with Crippen LogP contribution in [0.1, 0.15) is 10.4 Å². The minimum Gasteiger partial charge on any atom is -0.493 e. The number of methoxy groups -OCH3 is 2. The van der Waals surface area contributed by atoms with Crippen LogP contribution in [0.5, 0.6) is 11.5 Å². The molecule has 0 spiro atoms. The van der Waals surface area contributed by atoms with Crippen molar-refractivity contribution in [3.8, 4) is 22.6 Å². The summed E-state index contributed by atoms with van der Waals surface area (Å²) in [4.78, 5) is 10.9. The van der Waals surface area contributed by atoms with Crippen molar-refractivity contribution in [3.05, 3.63) is 47.8 Å². The molecule has 104 valence electrons. The highest BCUT2D eigenvalue weighted by Crippen LogP contribution is 2.32. The Hall–Kier alpha value is -2.56. The fourth-order valence-corrected chi connectivity index (χ4v) is 1.88. The minimum absolute atomic E-state index is 0.364. The van der Waals surface area contributed by atoms with Gasteiger partial charge in [-0.1, -0.05) is 12.1 Å². The van der Waals surface area contributed by atoms with Crippen LogP contribution in [0.4, 0.5) is 4.39 Å². The summed E-state index contributed by atoms with van der Waals surface area (Å²) in [6.45, 7) is 0. The monoisotopic (exact) mass is 276 g/mol. The van der Waals surface area contributed by atoms with Gasteiger partial charge in [0.25, 0.3) is 0 Å². The van der Waals surface area contributed by atoms with Crippen molar-refractivity contribution < 1.29 is 23.8 Å². The molecule has 2 aromatic rings. The highest BCUT2D eigenvalue weighted by molar-refractivity contribution is 5.89. The third-order valence-electron chi connectivity index (χ3n) is 2.91. The molecule has 0 unspecified atom stereocenters. The Kier molecular flexibility index (Phi) is 3.89. The first kappa shape index (κ1) is 13.9. The summed E-state index contributed by atoms with van der Waals surface area (Å²) >= 11 is 0. The van der Waals surface area contributed by atoms with Gasteiger partial charge in [0.05, 0.1) is 19.8 Å². The Balaban J connectivity index is 2.51. The molecular formula is C15H13FO4. The van der Waals surface area contributed by atoms with Crippen LogP contribution in [0.2, 0.25) is 0 Å². The van der Waals surface area contributed by atoms with Crippen molar-refractivity contribution in [2.24, 2.45) is 0 Å². The highest BCUT2D eigenvalue weighted by Gasteiger charge is 2.13. The van der Waals surface area contributed by atoms with E-state index in [0.29, 0.717) is 22.6 Å². The topological polar surface area (TPSA) is 55.8 Å². The van der Waals surface area contributed by atoms with E-state index in [0.717, 1.165) is 6.07 Å². The smallest absolute Gasteiger partial charge is 0.338 e. The summed E-state index contributed by atoms with van der Waals surface area (Å²) in [5.41, 5.74) is 0.937. The second-order valence-corrected chi connectivity index (χ2v) is 4.07. The number of hydrogen-bond acceptors (Lipinski definition) is 3. The van der Waals surface area contributed by atoms with Crippen molar-refractivity contribution >= 4 is 5.97 Å². The molecule has 0 aliphatic carbocycles. The van der Waals surface area contributed by atoms with Gasteiger partial charge in [0, 0.05) is 0 Å². The zero-order valence-corrected chi connectivity index (χ0v) is 11.0. The predicted molar refractivity (Wildman–Crippen MR) is 71.9 cm³/mol. The number of aromatic carboxylic acids is 1. The van der Waals surface area contributed by atoms with Gasteiger partial charge in [0.15, 0.2) is 11.5 Å². The summed E-state index contributed by atoms with van der Waals surface area (Å²) < 4.78 is 23.7. The molecule has 0 amide bonds. The maximum absolute atomic E-state index is 13.4. The van der Waals surface area contributed by atoms with Gasteiger partial charge in [-0.25, -0.2) is 9.18 Å². The average Bonchev–Trinajstić information content (AvgIpc) is 2.46. The molecular weight excluding hydrogens is 263 g/mol. The van der Waals surface area contributed by atoms with Crippen LogP contribution >= 0.6 is 0 Å². The maximum Gasteiger partial charge on any atom is 0.338 e. The molecule has 2 aromatic carbocycles. The van der Waals surface area contributed by atoms with Gasteiger partial charge in [0.2, 0.25) is 0 Å². The number of halogens is 1. The molecule has 0 saturated carbocycles.